The molecule has 1 fully saturated rings. The number of benzene rings is 1. The maximum absolute atomic E-state index is 10.0. The number of phenols is 1. The molecule has 2 rings (SSSR count). The van der Waals surface area contributed by atoms with Gasteiger partial charge in [-0.05, 0) is 50.9 Å². The van der Waals surface area contributed by atoms with E-state index in [-0.39, 0.29) is 6.04 Å². The lowest BCUT2D eigenvalue weighted by atomic mass is 9.95. The monoisotopic (exact) mass is 311 g/mol. The Morgan fingerprint density at radius 1 is 1.44 bits per heavy atom. The van der Waals surface area contributed by atoms with Gasteiger partial charge in [0.25, 0.3) is 0 Å². The van der Waals surface area contributed by atoms with Gasteiger partial charge in [-0.25, -0.2) is 0 Å². The third kappa shape index (κ3) is 2.89. The predicted octanol–water partition coefficient (Wildman–Crippen LogP) is 4.48. The number of rotatable bonds is 3. The van der Waals surface area contributed by atoms with Crippen molar-refractivity contribution in [2.45, 2.75) is 51.6 Å². The van der Waals surface area contributed by atoms with Gasteiger partial charge in [0.2, 0.25) is 0 Å². The molecule has 18 heavy (non-hydrogen) atoms. The fourth-order valence-corrected chi connectivity index (χ4v) is 3.39. The van der Waals surface area contributed by atoms with Crippen molar-refractivity contribution in [1.29, 1.82) is 0 Å². The van der Waals surface area contributed by atoms with Crippen LogP contribution >= 0.6 is 15.9 Å². The van der Waals surface area contributed by atoms with Gasteiger partial charge in [-0.3, -0.25) is 4.90 Å². The Labute approximate surface area is 118 Å². The first-order valence-electron chi connectivity index (χ1n) is 6.87. The first-order chi connectivity index (χ1) is 8.63. The molecule has 100 valence electrons. The first kappa shape index (κ1) is 13.9. The molecular weight excluding hydrogens is 290 g/mol. The van der Waals surface area contributed by atoms with Gasteiger partial charge < -0.3 is 5.11 Å². The molecule has 2 unspecified atom stereocenters. The zero-order valence-corrected chi connectivity index (χ0v) is 12.8. The number of hydrogen-bond acceptors (Lipinski definition) is 2. The first-order valence-corrected chi connectivity index (χ1v) is 7.67. The normalized spacial score (nSPS) is 22.9. The van der Waals surface area contributed by atoms with Crippen LogP contribution in [0.3, 0.4) is 0 Å². The lowest BCUT2D eigenvalue weighted by Crippen LogP contribution is -2.40. The van der Waals surface area contributed by atoms with Crippen LogP contribution in [0.15, 0.2) is 22.7 Å². The third-order valence-electron chi connectivity index (χ3n) is 4.08. The van der Waals surface area contributed by atoms with Crippen LogP contribution in [0.5, 0.6) is 5.75 Å². The molecule has 1 heterocycles. The molecule has 0 spiro atoms. The van der Waals surface area contributed by atoms with Crippen LogP contribution in [0.1, 0.15) is 51.1 Å². The van der Waals surface area contributed by atoms with Crippen LogP contribution in [0.25, 0.3) is 0 Å². The largest absolute Gasteiger partial charge is 0.508 e. The summed E-state index contributed by atoms with van der Waals surface area (Å²) in [5.74, 6) is 0.408. The molecule has 1 aromatic carbocycles. The number of likely N-dealkylation sites (tertiary alicyclic amines) is 1. The number of nitrogens with zero attached hydrogens (tertiary/aromatic N) is 1. The molecule has 0 aromatic heterocycles. The highest BCUT2D eigenvalue weighted by atomic mass is 79.9. The molecule has 1 N–H and O–H groups in total. The minimum Gasteiger partial charge on any atom is -0.508 e. The number of hydrogen-bond donors (Lipinski definition) is 1. The van der Waals surface area contributed by atoms with Crippen LogP contribution in [-0.2, 0) is 0 Å². The van der Waals surface area contributed by atoms with Crippen LogP contribution in [0.4, 0.5) is 0 Å². The van der Waals surface area contributed by atoms with E-state index < -0.39 is 0 Å². The number of halogens is 1. The maximum Gasteiger partial charge on any atom is 0.120 e. The van der Waals surface area contributed by atoms with Crippen LogP contribution in [0.2, 0.25) is 0 Å². The fourth-order valence-electron chi connectivity index (χ4n) is 3.01. The molecule has 2 atom stereocenters. The standard InChI is InChI=1S/C15H22BrNO/c1-3-13-6-4-5-9-17(13)11(2)14-10-12(16)7-8-15(14)18/h7-8,10-11,13,18H,3-6,9H2,1-2H3. The minimum atomic E-state index is 0.285. The van der Waals surface area contributed by atoms with Crippen molar-refractivity contribution in [3.8, 4) is 5.75 Å². The Balaban J connectivity index is 2.23. The quantitative estimate of drug-likeness (QED) is 0.889. The Hall–Kier alpha value is -0.540. The van der Waals surface area contributed by atoms with Crippen molar-refractivity contribution in [3.63, 3.8) is 0 Å². The van der Waals surface area contributed by atoms with E-state index in [0.29, 0.717) is 11.8 Å². The van der Waals surface area contributed by atoms with Gasteiger partial charge in [0.05, 0.1) is 0 Å². The zero-order chi connectivity index (χ0) is 13.1. The van der Waals surface area contributed by atoms with E-state index in [1.807, 2.05) is 12.1 Å². The van der Waals surface area contributed by atoms with Crippen molar-refractivity contribution in [1.82, 2.24) is 4.90 Å². The highest BCUT2D eigenvalue weighted by Crippen LogP contribution is 2.35. The van der Waals surface area contributed by atoms with Crippen molar-refractivity contribution in [2.24, 2.45) is 0 Å². The summed E-state index contributed by atoms with van der Waals surface area (Å²) in [6, 6.07) is 6.65. The molecule has 1 aromatic rings. The highest BCUT2D eigenvalue weighted by molar-refractivity contribution is 9.10. The third-order valence-corrected chi connectivity index (χ3v) is 4.57. The van der Waals surface area contributed by atoms with Crippen LogP contribution in [0, 0.1) is 0 Å². The maximum atomic E-state index is 10.0. The van der Waals surface area contributed by atoms with E-state index in [1.54, 1.807) is 6.07 Å². The van der Waals surface area contributed by atoms with Crippen molar-refractivity contribution < 1.29 is 5.11 Å². The van der Waals surface area contributed by atoms with Crippen LogP contribution < -0.4 is 0 Å². The molecule has 1 saturated heterocycles. The molecule has 1 aliphatic rings. The molecule has 0 saturated carbocycles. The van der Waals surface area contributed by atoms with Gasteiger partial charge in [0, 0.05) is 22.1 Å². The van der Waals surface area contributed by atoms with Crippen LogP contribution in [-0.4, -0.2) is 22.6 Å². The highest BCUT2D eigenvalue weighted by Gasteiger charge is 2.27. The van der Waals surface area contributed by atoms with E-state index in [4.69, 9.17) is 0 Å². The lowest BCUT2D eigenvalue weighted by Gasteiger charge is -2.40. The molecule has 0 aliphatic carbocycles. The molecule has 0 amide bonds. The van der Waals surface area contributed by atoms with Gasteiger partial charge in [-0.2, -0.15) is 0 Å². The van der Waals surface area contributed by atoms with E-state index >= 15 is 0 Å². The Bertz CT molecular complexity index is 407. The van der Waals surface area contributed by atoms with E-state index in [2.05, 4.69) is 34.7 Å². The van der Waals surface area contributed by atoms with Gasteiger partial charge in [0.15, 0.2) is 0 Å². The minimum absolute atomic E-state index is 0.285. The SMILES string of the molecule is CCC1CCCCN1C(C)c1cc(Br)ccc1O. The van der Waals surface area contributed by atoms with E-state index in [9.17, 15) is 5.11 Å². The summed E-state index contributed by atoms with van der Waals surface area (Å²) in [5, 5.41) is 10.0. The summed E-state index contributed by atoms with van der Waals surface area (Å²) in [4.78, 5) is 2.55. The molecule has 2 nitrogen and oxygen atoms in total. The summed E-state index contributed by atoms with van der Waals surface area (Å²) < 4.78 is 1.03. The van der Waals surface area contributed by atoms with Crippen molar-refractivity contribution in [3.05, 3.63) is 28.2 Å². The lowest BCUT2D eigenvalue weighted by molar-refractivity contribution is 0.0987. The van der Waals surface area contributed by atoms with E-state index in [1.165, 1.54) is 25.7 Å². The fraction of sp³-hybridized carbons (Fsp3) is 0.600. The average molecular weight is 312 g/mol. The second-order valence-electron chi connectivity index (χ2n) is 5.17. The summed E-state index contributed by atoms with van der Waals surface area (Å²) in [6.45, 7) is 5.61. The number of piperidine rings is 1. The number of aromatic hydroxyl groups is 1. The van der Waals surface area contributed by atoms with Crippen molar-refractivity contribution in [2.75, 3.05) is 6.54 Å². The smallest absolute Gasteiger partial charge is 0.120 e. The summed E-state index contributed by atoms with van der Waals surface area (Å²) in [7, 11) is 0. The van der Waals surface area contributed by atoms with E-state index in [0.717, 1.165) is 16.6 Å². The average Bonchev–Trinajstić information content (AvgIpc) is 2.40. The molecule has 3 heteroatoms. The Morgan fingerprint density at radius 2 is 2.22 bits per heavy atom. The van der Waals surface area contributed by atoms with Gasteiger partial charge in [0.1, 0.15) is 5.75 Å². The Morgan fingerprint density at radius 3 is 2.94 bits per heavy atom. The molecule has 0 bridgehead atoms. The topological polar surface area (TPSA) is 23.5 Å². The second-order valence-corrected chi connectivity index (χ2v) is 6.09. The molecular formula is C15H22BrNO. The zero-order valence-electron chi connectivity index (χ0n) is 11.2. The van der Waals surface area contributed by atoms with Crippen molar-refractivity contribution >= 4 is 15.9 Å². The van der Waals surface area contributed by atoms with Gasteiger partial charge in [-0.15, -0.1) is 0 Å². The molecule has 0 radical (unpaired) electrons. The Kier molecular flexibility index (Phi) is 4.68. The second kappa shape index (κ2) is 6.07. The van der Waals surface area contributed by atoms with Gasteiger partial charge in [-0.1, -0.05) is 29.3 Å². The number of phenolic OH excluding ortho intramolecular Hbond substituents is 1. The summed E-state index contributed by atoms with van der Waals surface area (Å²) in [6.07, 6.45) is 5.09. The molecule has 1 aliphatic heterocycles. The summed E-state index contributed by atoms with van der Waals surface area (Å²) >= 11 is 3.49. The van der Waals surface area contributed by atoms with Gasteiger partial charge >= 0.3 is 0 Å². The summed E-state index contributed by atoms with van der Waals surface area (Å²) in [5.41, 5.74) is 1.03. The predicted molar refractivity (Wildman–Crippen MR) is 78.9 cm³/mol.